The third-order valence-electron chi connectivity index (χ3n) is 3.59. The largest absolute Gasteiger partial charge is 0.394 e. The zero-order chi connectivity index (χ0) is 15.8. The number of hydrogen-bond donors (Lipinski definition) is 2. The number of unbranched alkanes of at least 4 members (excludes halogenated alkanes) is 9. The van der Waals surface area contributed by atoms with Gasteiger partial charge in [0, 0.05) is 13.0 Å². The minimum atomic E-state index is -0.736. The molecule has 0 aromatic heterocycles. The van der Waals surface area contributed by atoms with E-state index in [1.165, 1.54) is 51.4 Å². The van der Waals surface area contributed by atoms with Gasteiger partial charge in [0.1, 0.15) is 11.9 Å². The first-order valence-electron chi connectivity index (χ1n) is 8.53. The summed E-state index contributed by atoms with van der Waals surface area (Å²) in [5, 5.41) is 17.7. The molecule has 0 aliphatic rings. The average molecular weight is 302 g/mol. The molecular weight excluding hydrogens is 268 g/mol. The summed E-state index contributed by atoms with van der Waals surface area (Å²) in [6, 6.07) is 0. The van der Waals surface area contributed by atoms with Gasteiger partial charge in [-0.1, -0.05) is 51.4 Å². The molecule has 4 nitrogen and oxygen atoms in total. The first-order chi connectivity index (χ1) is 10.2. The van der Waals surface area contributed by atoms with Gasteiger partial charge in [0.25, 0.3) is 0 Å². The lowest BCUT2D eigenvalue weighted by Crippen LogP contribution is -2.19. The van der Waals surface area contributed by atoms with Crippen LogP contribution in [0.4, 0.5) is 0 Å². The monoisotopic (exact) mass is 302 g/mol. The Hall–Kier alpha value is -0.450. The van der Waals surface area contributed by atoms with E-state index in [1.54, 1.807) is 6.92 Å². The van der Waals surface area contributed by atoms with Crippen LogP contribution in [0, 0.1) is 0 Å². The van der Waals surface area contributed by atoms with Crippen LogP contribution in [0.2, 0.25) is 0 Å². The zero-order valence-electron chi connectivity index (χ0n) is 13.7. The standard InChI is InChI=1S/C17H34O4/c1-16(19)12-10-8-6-4-2-3-5-7-9-11-13-21-15-17(20)14-18/h17-18,20H,2-15H2,1H3. The highest BCUT2D eigenvalue weighted by Gasteiger charge is 2.00. The Balaban J connectivity index is 3.01. The van der Waals surface area contributed by atoms with Crippen molar-refractivity contribution in [3.05, 3.63) is 0 Å². The van der Waals surface area contributed by atoms with E-state index in [-0.39, 0.29) is 13.2 Å². The summed E-state index contributed by atoms with van der Waals surface area (Å²) in [5.41, 5.74) is 0. The highest BCUT2D eigenvalue weighted by molar-refractivity contribution is 5.75. The molecule has 0 heterocycles. The van der Waals surface area contributed by atoms with Gasteiger partial charge in [0.15, 0.2) is 0 Å². The quantitative estimate of drug-likeness (QED) is 0.430. The average Bonchev–Trinajstić information content (AvgIpc) is 2.46. The van der Waals surface area contributed by atoms with Crippen molar-refractivity contribution in [1.29, 1.82) is 0 Å². The Morgan fingerprint density at radius 2 is 1.38 bits per heavy atom. The second kappa shape index (κ2) is 15.9. The Kier molecular flexibility index (Phi) is 15.6. The molecule has 0 aliphatic heterocycles. The summed E-state index contributed by atoms with van der Waals surface area (Å²) in [7, 11) is 0. The van der Waals surface area contributed by atoms with Crippen LogP contribution < -0.4 is 0 Å². The molecule has 2 N–H and O–H groups in total. The maximum absolute atomic E-state index is 10.8. The van der Waals surface area contributed by atoms with Gasteiger partial charge in [-0.2, -0.15) is 0 Å². The number of aliphatic hydroxyl groups is 2. The smallest absolute Gasteiger partial charge is 0.129 e. The van der Waals surface area contributed by atoms with E-state index in [0.29, 0.717) is 12.4 Å². The molecule has 0 bridgehead atoms. The fourth-order valence-corrected chi connectivity index (χ4v) is 2.26. The van der Waals surface area contributed by atoms with Gasteiger partial charge < -0.3 is 19.7 Å². The fraction of sp³-hybridized carbons (Fsp3) is 0.941. The number of aliphatic hydroxyl groups excluding tert-OH is 2. The van der Waals surface area contributed by atoms with Gasteiger partial charge in [0.05, 0.1) is 13.2 Å². The predicted octanol–water partition coefficient (Wildman–Crippen LogP) is 3.24. The molecule has 0 spiro atoms. The number of ketones is 1. The number of hydrogen-bond acceptors (Lipinski definition) is 4. The molecule has 126 valence electrons. The van der Waals surface area contributed by atoms with Crippen LogP contribution >= 0.6 is 0 Å². The fourth-order valence-electron chi connectivity index (χ4n) is 2.26. The van der Waals surface area contributed by atoms with E-state index in [4.69, 9.17) is 14.9 Å². The minimum absolute atomic E-state index is 0.227. The highest BCUT2D eigenvalue weighted by Crippen LogP contribution is 2.11. The lowest BCUT2D eigenvalue weighted by atomic mass is 10.1. The van der Waals surface area contributed by atoms with Crippen molar-refractivity contribution in [3.8, 4) is 0 Å². The topological polar surface area (TPSA) is 66.8 Å². The van der Waals surface area contributed by atoms with Gasteiger partial charge >= 0.3 is 0 Å². The van der Waals surface area contributed by atoms with E-state index in [0.717, 1.165) is 19.3 Å². The number of rotatable bonds is 16. The molecular formula is C17H34O4. The third kappa shape index (κ3) is 17.5. The van der Waals surface area contributed by atoms with Crippen molar-refractivity contribution in [1.82, 2.24) is 0 Å². The molecule has 0 rings (SSSR count). The normalized spacial score (nSPS) is 12.5. The lowest BCUT2D eigenvalue weighted by molar-refractivity contribution is -0.117. The Morgan fingerprint density at radius 1 is 0.905 bits per heavy atom. The molecule has 1 atom stereocenters. The van der Waals surface area contributed by atoms with Gasteiger partial charge in [-0.05, 0) is 19.8 Å². The summed E-state index contributed by atoms with van der Waals surface area (Å²) < 4.78 is 5.25. The maximum atomic E-state index is 10.8. The molecule has 0 radical (unpaired) electrons. The minimum Gasteiger partial charge on any atom is -0.394 e. The third-order valence-corrected chi connectivity index (χ3v) is 3.59. The van der Waals surface area contributed by atoms with E-state index in [9.17, 15) is 4.79 Å². The molecule has 0 aliphatic carbocycles. The molecule has 0 saturated carbocycles. The Bertz CT molecular complexity index is 231. The summed E-state index contributed by atoms with van der Waals surface area (Å²) >= 11 is 0. The van der Waals surface area contributed by atoms with E-state index >= 15 is 0 Å². The summed E-state index contributed by atoms with van der Waals surface area (Å²) in [6.45, 7) is 2.35. The van der Waals surface area contributed by atoms with Gasteiger partial charge in [-0.3, -0.25) is 0 Å². The highest BCUT2D eigenvalue weighted by atomic mass is 16.5. The van der Waals surface area contributed by atoms with Crippen LogP contribution in [0.3, 0.4) is 0 Å². The Labute approximate surface area is 129 Å². The van der Waals surface area contributed by atoms with Crippen molar-refractivity contribution in [3.63, 3.8) is 0 Å². The molecule has 1 unspecified atom stereocenters. The van der Waals surface area contributed by atoms with Crippen LogP contribution in [0.15, 0.2) is 0 Å². The van der Waals surface area contributed by atoms with Crippen molar-refractivity contribution < 1.29 is 19.7 Å². The van der Waals surface area contributed by atoms with E-state index in [1.807, 2.05) is 0 Å². The Morgan fingerprint density at radius 3 is 1.86 bits per heavy atom. The van der Waals surface area contributed by atoms with Crippen LogP contribution in [-0.2, 0) is 9.53 Å². The molecule has 0 aromatic carbocycles. The molecule has 21 heavy (non-hydrogen) atoms. The second-order valence-corrected chi connectivity index (χ2v) is 5.90. The first kappa shape index (κ1) is 20.6. The second-order valence-electron chi connectivity index (χ2n) is 5.90. The van der Waals surface area contributed by atoms with Crippen LogP contribution in [0.5, 0.6) is 0 Å². The van der Waals surface area contributed by atoms with E-state index in [2.05, 4.69) is 0 Å². The van der Waals surface area contributed by atoms with Crippen molar-refractivity contribution in [2.24, 2.45) is 0 Å². The van der Waals surface area contributed by atoms with Gasteiger partial charge in [-0.25, -0.2) is 0 Å². The predicted molar refractivity (Wildman–Crippen MR) is 85.4 cm³/mol. The summed E-state index contributed by atoms with van der Waals surface area (Å²) in [4.78, 5) is 10.8. The molecule has 0 aromatic rings. The van der Waals surface area contributed by atoms with Gasteiger partial charge in [-0.15, -0.1) is 0 Å². The van der Waals surface area contributed by atoms with Crippen LogP contribution in [0.25, 0.3) is 0 Å². The van der Waals surface area contributed by atoms with E-state index < -0.39 is 6.10 Å². The molecule has 4 heteroatoms. The molecule has 0 fully saturated rings. The van der Waals surface area contributed by atoms with Crippen molar-refractivity contribution >= 4 is 5.78 Å². The van der Waals surface area contributed by atoms with Gasteiger partial charge in [0.2, 0.25) is 0 Å². The summed E-state index contributed by atoms with van der Waals surface area (Å²) in [6.07, 6.45) is 12.2. The van der Waals surface area contributed by atoms with Crippen LogP contribution in [-0.4, -0.2) is 41.9 Å². The van der Waals surface area contributed by atoms with Crippen LogP contribution in [0.1, 0.15) is 77.6 Å². The number of Topliss-reactive ketones (excluding diaryl/α,β-unsaturated/α-hetero) is 1. The van der Waals surface area contributed by atoms with Crippen molar-refractivity contribution in [2.45, 2.75) is 83.7 Å². The number of carbonyl (C=O) groups excluding carboxylic acids is 1. The molecule has 0 amide bonds. The zero-order valence-corrected chi connectivity index (χ0v) is 13.7. The first-order valence-corrected chi connectivity index (χ1v) is 8.53. The summed E-state index contributed by atoms with van der Waals surface area (Å²) in [5.74, 6) is 0.310. The number of ether oxygens (including phenoxy) is 1. The number of carbonyl (C=O) groups is 1. The van der Waals surface area contributed by atoms with Crippen molar-refractivity contribution in [2.75, 3.05) is 19.8 Å². The SMILES string of the molecule is CC(=O)CCCCCCCCCCCCOCC(O)CO. The maximum Gasteiger partial charge on any atom is 0.129 e. The molecule has 0 saturated heterocycles. The lowest BCUT2D eigenvalue weighted by Gasteiger charge is -2.08.